The maximum atomic E-state index is 13.0. The van der Waals surface area contributed by atoms with Crippen LogP contribution in [-0.2, 0) is 15.7 Å². The number of carbonyl (C=O) groups excluding carboxylic acids is 1. The summed E-state index contributed by atoms with van der Waals surface area (Å²) >= 11 is 0.836. The molecular weight excluding hydrogens is 343 g/mol. The number of ether oxygens (including phenoxy) is 1. The molecule has 130 valence electrons. The molecule has 0 aliphatic carbocycles. The van der Waals surface area contributed by atoms with E-state index in [4.69, 9.17) is 10.00 Å². The van der Waals surface area contributed by atoms with Crippen molar-refractivity contribution < 1.29 is 22.7 Å². The summed E-state index contributed by atoms with van der Waals surface area (Å²) in [6.07, 6.45) is -3.22. The Morgan fingerprint density at radius 1 is 1.50 bits per heavy atom. The number of nitrogens with zero attached hydrogens (tertiary/aromatic N) is 2. The van der Waals surface area contributed by atoms with Crippen LogP contribution in [0.1, 0.15) is 29.7 Å². The minimum absolute atomic E-state index is 0.0125. The molecule has 1 aliphatic heterocycles. The van der Waals surface area contributed by atoms with Crippen molar-refractivity contribution in [2.24, 2.45) is 0 Å². The average Bonchev–Trinajstić information content (AvgIpc) is 2.52. The maximum Gasteiger partial charge on any atom is 0.417 e. The first-order valence-corrected chi connectivity index (χ1v) is 8.28. The third-order valence-corrected chi connectivity index (χ3v) is 4.43. The lowest BCUT2D eigenvalue weighted by molar-refractivity contribution is -0.138. The molecule has 1 aromatic heterocycles. The number of nitrogens with one attached hydrogen (secondary N) is 1. The van der Waals surface area contributed by atoms with E-state index >= 15 is 0 Å². The second-order valence-electron chi connectivity index (χ2n) is 5.34. The summed E-state index contributed by atoms with van der Waals surface area (Å²) in [5, 5.41) is 11.8. The van der Waals surface area contributed by atoms with Gasteiger partial charge in [-0.1, -0.05) is 11.8 Å². The lowest BCUT2D eigenvalue weighted by Gasteiger charge is -2.23. The number of nitriles is 1. The van der Waals surface area contributed by atoms with Crippen molar-refractivity contribution in [1.82, 2.24) is 10.3 Å². The first kappa shape index (κ1) is 18.5. The Labute approximate surface area is 141 Å². The highest BCUT2D eigenvalue weighted by Gasteiger charge is 2.35. The predicted octanol–water partition coefficient (Wildman–Crippen LogP) is 2.67. The average molecular weight is 359 g/mol. The number of carbonyl (C=O) groups is 1. The molecule has 0 spiro atoms. The number of aryl methyl sites for hydroxylation is 1. The molecule has 0 radical (unpaired) electrons. The molecule has 0 atom stereocenters. The van der Waals surface area contributed by atoms with Gasteiger partial charge < -0.3 is 10.1 Å². The molecule has 0 saturated carbocycles. The van der Waals surface area contributed by atoms with Crippen LogP contribution in [0, 0.1) is 18.3 Å². The zero-order valence-corrected chi connectivity index (χ0v) is 13.8. The van der Waals surface area contributed by atoms with Gasteiger partial charge >= 0.3 is 6.18 Å². The third kappa shape index (κ3) is 4.85. The van der Waals surface area contributed by atoms with E-state index < -0.39 is 17.3 Å². The molecule has 9 heteroatoms. The summed E-state index contributed by atoms with van der Waals surface area (Å²) in [7, 11) is 0. The van der Waals surface area contributed by atoms with Crippen LogP contribution >= 0.6 is 11.8 Å². The van der Waals surface area contributed by atoms with Crippen LogP contribution in [0.15, 0.2) is 11.1 Å². The largest absolute Gasteiger partial charge is 0.417 e. The fourth-order valence-corrected chi connectivity index (χ4v) is 3.19. The van der Waals surface area contributed by atoms with E-state index in [1.807, 2.05) is 0 Å². The summed E-state index contributed by atoms with van der Waals surface area (Å²) in [6.45, 7) is 2.57. The fraction of sp³-hybridized carbons (Fsp3) is 0.533. The summed E-state index contributed by atoms with van der Waals surface area (Å²) in [6, 6.07) is 2.40. The maximum absolute atomic E-state index is 13.0. The van der Waals surface area contributed by atoms with Gasteiger partial charge in [-0.15, -0.1) is 0 Å². The second-order valence-corrected chi connectivity index (χ2v) is 6.31. The van der Waals surface area contributed by atoms with Crippen molar-refractivity contribution in [3.05, 3.63) is 22.9 Å². The van der Waals surface area contributed by atoms with Crippen LogP contribution in [0.3, 0.4) is 0 Å². The smallest absolute Gasteiger partial charge is 0.381 e. The van der Waals surface area contributed by atoms with Crippen LogP contribution in [0.2, 0.25) is 0 Å². The topological polar surface area (TPSA) is 75.0 Å². The second kappa shape index (κ2) is 7.85. The van der Waals surface area contributed by atoms with Crippen molar-refractivity contribution in [2.45, 2.75) is 37.0 Å². The highest BCUT2D eigenvalue weighted by molar-refractivity contribution is 8.00. The molecule has 0 unspecified atom stereocenters. The monoisotopic (exact) mass is 359 g/mol. The number of alkyl halides is 3. The minimum atomic E-state index is -4.64. The molecule has 2 heterocycles. The van der Waals surface area contributed by atoms with Gasteiger partial charge in [0.1, 0.15) is 11.1 Å². The van der Waals surface area contributed by atoms with Crippen molar-refractivity contribution in [1.29, 1.82) is 5.26 Å². The van der Waals surface area contributed by atoms with E-state index in [9.17, 15) is 18.0 Å². The van der Waals surface area contributed by atoms with Crippen molar-refractivity contribution >= 4 is 17.7 Å². The first-order valence-electron chi connectivity index (χ1n) is 7.30. The number of aromatic nitrogens is 1. The van der Waals surface area contributed by atoms with Crippen molar-refractivity contribution in [3.8, 4) is 6.07 Å². The number of halogens is 3. The van der Waals surface area contributed by atoms with Crippen LogP contribution in [0.25, 0.3) is 0 Å². The molecule has 5 nitrogen and oxygen atoms in total. The quantitative estimate of drug-likeness (QED) is 0.837. The first-order chi connectivity index (χ1) is 11.3. The normalized spacial score (nSPS) is 15.8. The van der Waals surface area contributed by atoms with Gasteiger partial charge in [-0.3, -0.25) is 4.79 Å². The molecule has 0 bridgehead atoms. The number of thioether (sulfide) groups is 1. The Morgan fingerprint density at radius 3 is 2.75 bits per heavy atom. The highest BCUT2D eigenvalue weighted by atomic mass is 32.2. The molecule has 1 fully saturated rings. The number of pyridine rings is 1. The lowest BCUT2D eigenvalue weighted by atomic mass is 10.1. The van der Waals surface area contributed by atoms with Gasteiger partial charge in [0, 0.05) is 24.9 Å². The van der Waals surface area contributed by atoms with Gasteiger partial charge in [-0.05, 0) is 25.8 Å². The fourth-order valence-electron chi connectivity index (χ4n) is 2.33. The Morgan fingerprint density at radius 2 is 2.17 bits per heavy atom. The van der Waals surface area contributed by atoms with Gasteiger partial charge in [0.05, 0.1) is 16.9 Å². The van der Waals surface area contributed by atoms with Crippen LogP contribution < -0.4 is 5.32 Å². The van der Waals surface area contributed by atoms with Gasteiger partial charge in [-0.25, -0.2) is 4.98 Å². The molecule has 24 heavy (non-hydrogen) atoms. The predicted molar refractivity (Wildman–Crippen MR) is 81.4 cm³/mol. The molecule has 1 amide bonds. The Balaban J connectivity index is 2.07. The number of hydrogen-bond donors (Lipinski definition) is 1. The minimum Gasteiger partial charge on any atom is -0.381 e. The van der Waals surface area contributed by atoms with Gasteiger partial charge in [0.25, 0.3) is 0 Å². The Kier molecular flexibility index (Phi) is 6.07. The van der Waals surface area contributed by atoms with Crippen LogP contribution in [-0.4, -0.2) is 35.9 Å². The van der Waals surface area contributed by atoms with Gasteiger partial charge in [0.15, 0.2) is 0 Å². The lowest BCUT2D eigenvalue weighted by Crippen LogP contribution is -2.39. The van der Waals surface area contributed by atoms with E-state index in [1.54, 1.807) is 6.07 Å². The summed E-state index contributed by atoms with van der Waals surface area (Å²) in [5.74, 6) is -0.396. The molecule has 1 N–H and O–H groups in total. The van der Waals surface area contributed by atoms with Crippen molar-refractivity contribution in [2.75, 3.05) is 19.0 Å². The Hall–Kier alpha value is -1.79. The van der Waals surface area contributed by atoms with Gasteiger partial charge in [-0.2, -0.15) is 18.4 Å². The summed E-state index contributed by atoms with van der Waals surface area (Å²) in [5.41, 5.74) is -1.42. The molecule has 1 aliphatic rings. The van der Waals surface area contributed by atoms with Gasteiger partial charge in [0.2, 0.25) is 5.91 Å². The summed E-state index contributed by atoms with van der Waals surface area (Å²) < 4.78 is 44.3. The van der Waals surface area contributed by atoms with E-state index in [2.05, 4.69) is 10.3 Å². The molecule has 2 rings (SSSR count). The highest BCUT2D eigenvalue weighted by Crippen LogP contribution is 2.35. The summed E-state index contributed by atoms with van der Waals surface area (Å²) in [4.78, 5) is 15.9. The molecule has 0 aromatic carbocycles. The molecule has 1 aromatic rings. The SMILES string of the molecule is Cc1cc(C(F)(F)F)c(C#N)c(SCC(=O)NC2CCOCC2)n1. The Bertz CT molecular complexity index is 653. The van der Waals surface area contributed by atoms with Crippen LogP contribution in [0.4, 0.5) is 13.2 Å². The van der Waals surface area contributed by atoms with Crippen LogP contribution in [0.5, 0.6) is 0 Å². The molecule has 1 saturated heterocycles. The zero-order chi connectivity index (χ0) is 17.7. The van der Waals surface area contributed by atoms with E-state index in [1.165, 1.54) is 6.92 Å². The standard InChI is InChI=1S/C15H16F3N3O2S/c1-9-6-12(15(16,17)18)11(7-19)14(20-9)24-8-13(22)21-10-2-4-23-5-3-10/h6,10H,2-5,8H2,1H3,(H,21,22). The molecular formula is C15H16F3N3O2S. The van der Waals surface area contributed by atoms with E-state index in [-0.39, 0.29) is 28.4 Å². The van der Waals surface area contributed by atoms with E-state index in [0.29, 0.717) is 26.1 Å². The number of hydrogen-bond acceptors (Lipinski definition) is 5. The van der Waals surface area contributed by atoms with E-state index in [0.717, 1.165) is 17.8 Å². The zero-order valence-electron chi connectivity index (χ0n) is 12.9. The number of rotatable bonds is 4. The van der Waals surface area contributed by atoms with Crippen molar-refractivity contribution in [3.63, 3.8) is 0 Å². The third-order valence-electron chi connectivity index (χ3n) is 3.46. The number of amides is 1.